The average Bonchev–Trinajstić information content (AvgIpc) is 3.33. The van der Waals surface area contributed by atoms with Crippen LogP contribution in [0.3, 0.4) is 0 Å². The highest BCUT2D eigenvalue weighted by atomic mass is 28.4. The number of hydrogen-bond acceptors (Lipinski definition) is 7. The summed E-state index contributed by atoms with van der Waals surface area (Å²) in [6.45, 7) is 26.9. The smallest absolute Gasteiger partial charge is 0.349 e. The van der Waals surface area contributed by atoms with E-state index in [1.54, 1.807) is 0 Å². The van der Waals surface area contributed by atoms with Gasteiger partial charge in [-0.15, -0.1) is 0 Å². The van der Waals surface area contributed by atoms with Gasteiger partial charge < -0.3 is 22.9 Å². The number of anilines is 1. The molecule has 9 heteroatoms. The minimum Gasteiger partial charge on any atom is -0.408 e. The molecule has 250 valence electrons. The lowest BCUT2D eigenvalue weighted by Gasteiger charge is -2.54. The minimum atomic E-state index is -2.75. The predicted octanol–water partition coefficient (Wildman–Crippen LogP) is 8.97. The van der Waals surface area contributed by atoms with Crippen molar-refractivity contribution in [3.05, 3.63) is 89.7 Å². The van der Waals surface area contributed by atoms with Gasteiger partial charge in [-0.25, -0.2) is 9.97 Å². The number of fused-ring (bicyclic) bond motifs is 1. The molecule has 7 nitrogen and oxygen atoms in total. The van der Waals surface area contributed by atoms with Crippen LogP contribution in [-0.2, 0) is 31.1 Å². The van der Waals surface area contributed by atoms with E-state index >= 15 is 0 Å². The molecule has 0 aliphatic carbocycles. The highest BCUT2D eigenvalue weighted by Gasteiger charge is 2.65. The fourth-order valence-corrected chi connectivity index (χ4v) is 13.0. The Labute approximate surface area is 279 Å². The SMILES string of the molecule is CC(C)(C)[Si](C)(C)O[C@@H]1[C@@H]2O[Si](C(C)(C)C)(C(C)(C)C)OC[C@H]2O[C@H]1c1cnc(N(Cc2ccccc2)Cc2ccccc2)nc1. The van der Waals surface area contributed by atoms with Gasteiger partial charge in [-0.1, -0.05) is 123 Å². The van der Waals surface area contributed by atoms with Crippen LogP contribution in [0.25, 0.3) is 0 Å². The standard InChI is InChI=1S/C37H55N3O4Si2/c1-35(2,3)45(10,11)43-33-31(42-30-26-41-46(36(4,5)6,37(7,8)9)44-32(30)33)29-22-38-34(39-23-29)40(24-27-18-14-12-15-19-27)25-28-20-16-13-17-21-28/h12-23,30-33H,24-26H2,1-11H3/t30-,31+,32-,33+/m1/s1. The molecule has 0 bridgehead atoms. The first-order valence-corrected chi connectivity index (χ1v) is 21.4. The van der Waals surface area contributed by atoms with E-state index in [-0.39, 0.29) is 39.5 Å². The second-order valence-electron chi connectivity index (χ2n) is 16.6. The van der Waals surface area contributed by atoms with Gasteiger partial charge in [0.05, 0.1) is 6.61 Å². The molecule has 2 aliphatic heterocycles. The summed E-state index contributed by atoms with van der Waals surface area (Å²) >= 11 is 0. The molecule has 0 unspecified atom stereocenters. The Bertz CT molecular complexity index is 1380. The molecule has 46 heavy (non-hydrogen) atoms. The van der Waals surface area contributed by atoms with Crippen molar-refractivity contribution in [3.8, 4) is 0 Å². The summed E-state index contributed by atoms with van der Waals surface area (Å²) in [5, 5.41) is -0.248. The molecular weight excluding hydrogens is 607 g/mol. The van der Waals surface area contributed by atoms with Crippen LogP contribution in [0.1, 0.15) is 85.1 Å². The molecule has 0 saturated carbocycles. The second-order valence-corrected chi connectivity index (χ2v) is 26.1. The molecule has 0 amide bonds. The van der Waals surface area contributed by atoms with Crippen LogP contribution in [0.4, 0.5) is 5.95 Å². The molecule has 0 radical (unpaired) electrons. The van der Waals surface area contributed by atoms with Crippen LogP contribution < -0.4 is 4.90 Å². The van der Waals surface area contributed by atoms with Crippen molar-refractivity contribution in [2.24, 2.45) is 0 Å². The van der Waals surface area contributed by atoms with E-state index in [1.165, 1.54) is 11.1 Å². The van der Waals surface area contributed by atoms with Gasteiger partial charge >= 0.3 is 8.56 Å². The molecule has 2 aliphatic rings. The largest absolute Gasteiger partial charge is 0.408 e. The van der Waals surface area contributed by atoms with Gasteiger partial charge in [0.2, 0.25) is 5.95 Å². The monoisotopic (exact) mass is 661 g/mol. The van der Waals surface area contributed by atoms with Crippen molar-refractivity contribution < 1.29 is 18.0 Å². The van der Waals surface area contributed by atoms with Gasteiger partial charge in [-0.2, -0.15) is 0 Å². The predicted molar refractivity (Wildman–Crippen MR) is 190 cm³/mol. The van der Waals surface area contributed by atoms with E-state index in [1.807, 2.05) is 24.5 Å². The summed E-state index contributed by atoms with van der Waals surface area (Å²) in [7, 11) is -4.95. The van der Waals surface area contributed by atoms with Crippen molar-refractivity contribution in [3.63, 3.8) is 0 Å². The summed E-state index contributed by atoms with van der Waals surface area (Å²) in [6.07, 6.45) is 2.75. The zero-order chi connectivity index (χ0) is 33.5. The normalized spacial score (nSPS) is 23.6. The lowest BCUT2D eigenvalue weighted by Crippen LogP contribution is -2.66. The second kappa shape index (κ2) is 12.9. The molecule has 0 N–H and O–H groups in total. The third-order valence-electron chi connectivity index (χ3n) is 9.98. The molecule has 3 aromatic rings. The number of hydrogen-bond donors (Lipinski definition) is 0. The van der Waals surface area contributed by atoms with Crippen molar-refractivity contribution >= 4 is 22.8 Å². The first kappa shape index (κ1) is 34.9. The summed E-state index contributed by atoms with van der Waals surface area (Å²) < 4.78 is 28.1. The van der Waals surface area contributed by atoms with Gasteiger partial charge in [0.25, 0.3) is 0 Å². The van der Waals surface area contributed by atoms with Gasteiger partial charge in [0, 0.05) is 41.1 Å². The summed E-state index contributed by atoms with van der Waals surface area (Å²) in [4.78, 5) is 12.1. The first-order valence-electron chi connectivity index (χ1n) is 16.7. The van der Waals surface area contributed by atoms with Crippen LogP contribution in [0, 0.1) is 0 Å². The van der Waals surface area contributed by atoms with Gasteiger partial charge in [-0.3, -0.25) is 0 Å². The molecular formula is C37H55N3O4Si2. The quantitative estimate of drug-likeness (QED) is 0.223. The maximum Gasteiger partial charge on any atom is 0.349 e. The molecule has 4 atom stereocenters. The van der Waals surface area contributed by atoms with E-state index in [0.29, 0.717) is 25.6 Å². The number of nitrogens with zero attached hydrogens (tertiary/aromatic N) is 3. The Morgan fingerprint density at radius 3 is 1.76 bits per heavy atom. The average molecular weight is 662 g/mol. The highest BCUT2D eigenvalue weighted by molar-refractivity contribution is 6.74. The number of aromatic nitrogens is 2. The number of benzene rings is 2. The zero-order valence-electron chi connectivity index (χ0n) is 29.8. The van der Waals surface area contributed by atoms with E-state index in [0.717, 1.165) is 5.56 Å². The summed E-state index contributed by atoms with van der Waals surface area (Å²) in [5.41, 5.74) is 3.32. The zero-order valence-corrected chi connectivity index (χ0v) is 31.8. The lowest BCUT2D eigenvalue weighted by molar-refractivity contribution is -0.0716. The molecule has 2 fully saturated rings. The third-order valence-corrected chi connectivity index (χ3v) is 19.6. The van der Waals surface area contributed by atoms with E-state index in [4.69, 9.17) is 28.0 Å². The first-order chi connectivity index (χ1) is 21.4. The Hall–Kier alpha value is -2.41. The molecule has 2 saturated heterocycles. The molecule has 3 heterocycles. The summed E-state index contributed by atoms with van der Waals surface area (Å²) in [6, 6.07) is 20.9. The fraction of sp³-hybridized carbons (Fsp3) is 0.568. The Kier molecular flexibility index (Phi) is 9.79. The van der Waals surface area contributed by atoms with E-state index in [2.05, 4.69) is 129 Å². The fourth-order valence-electron chi connectivity index (χ4n) is 6.70. The molecule has 1 aromatic heterocycles. The minimum absolute atomic E-state index is 0.0269. The lowest BCUT2D eigenvalue weighted by atomic mass is 10.0. The Morgan fingerprint density at radius 1 is 0.804 bits per heavy atom. The van der Waals surface area contributed by atoms with E-state index in [9.17, 15) is 0 Å². The van der Waals surface area contributed by atoms with Crippen LogP contribution >= 0.6 is 0 Å². The maximum atomic E-state index is 7.28. The number of rotatable bonds is 8. The van der Waals surface area contributed by atoms with Crippen LogP contribution in [0.15, 0.2) is 73.1 Å². The van der Waals surface area contributed by atoms with Crippen LogP contribution in [0.5, 0.6) is 0 Å². The molecule has 2 aromatic carbocycles. The summed E-state index contributed by atoms with van der Waals surface area (Å²) in [5.74, 6) is 0.681. The maximum absolute atomic E-state index is 7.28. The number of ether oxygens (including phenoxy) is 1. The van der Waals surface area contributed by atoms with E-state index < -0.39 is 16.9 Å². The highest BCUT2D eigenvalue weighted by Crippen LogP contribution is 2.57. The van der Waals surface area contributed by atoms with Crippen LogP contribution in [-0.4, -0.2) is 51.8 Å². The third kappa shape index (κ3) is 7.05. The molecule has 5 rings (SSSR count). The van der Waals surface area contributed by atoms with Gasteiger partial charge in [0.15, 0.2) is 8.32 Å². The van der Waals surface area contributed by atoms with Crippen molar-refractivity contribution in [1.82, 2.24) is 9.97 Å². The van der Waals surface area contributed by atoms with Crippen molar-refractivity contribution in [2.75, 3.05) is 11.5 Å². The van der Waals surface area contributed by atoms with Gasteiger partial charge in [0.1, 0.15) is 24.4 Å². The Balaban J connectivity index is 1.48. The van der Waals surface area contributed by atoms with Crippen LogP contribution in [0.2, 0.25) is 28.2 Å². The van der Waals surface area contributed by atoms with Crippen molar-refractivity contribution in [2.45, 2.75) is 128 Å². The van der Waals surface area contributed by atoms with Crippen molar-refractivity contribution in [1.29, 1.82) is 0 Å². The van der Waals surface area contributed by atoms with Gasteiger partial charge in [-0.05, 0) is 29.3 Å². The molecule has 0 spiro atoms. The topological polar surface area (TPSA) is 65.9 Å². The Morgan fingerprint density at radius 2 is 1.30 bits per heavy atom.